The van der Waals surface area contributed by atoms with E-state index in [1.165, 1.54) is 43.4 Å². The van der Waals surface area contributed by atoms with Crippen LogP contribution in [0.15, 0.2) is 150 Å². The van der Waals surface area contributed by atoms with E-state index in [4.69, 9.17) is 14.4 Å². The molecule has 0 amide bonds. The molecule has 11 aromatic rings. The normalized spacial score (nSPS) is 12.3. The molecule has 218 valence electrons. The van der Waals surface area contributed by atoms with E-state index >= 15 is 0 Å². The van der Waals surface area contributed by atoms with Crippen molar-refractivity contribution in [1.29, 1.82) is 0 Å². The van der Waals surface area contributed by atoms with E-state index in [9.17, 15) is 0 Å². The fourth-order valence-electron chi connectivity index (χ4n) is 7.72. The van der Waals surface area contributed by atoms with Crippen LogP contribution in [0.5, 0.6) is 0 Å². The molecule has 5 heteroatoms. The Morgan fingerprint density at radius 3 is 2.11 bits per heavy atom. The van der Waals surface area contributed by atoms with E-state index in [2.05, 4.69) is 118 Å². The van der Waals surface area contributed by atoms with Crippen LogP contribution in [0.1, 0.15) is 0 Å². The van der Waals surface area contributed by atoms with Crippen LogP contribution < -0.4 is 0 Å². The summed E-state index contributed by atoms with van der Waals surface area (Å²) in [5.41, 5.74) is 9.53. The van der Waals surface area contributed by atoms with E-state index in [0.717, 1.165) is 44.3 Å². The zero-order valence-electron chi connectivity index (χ0n) is 25.1. The monoisotopic (exact) mass is 600 g/mol. The smallest absolute Gasteiger partial charge is 0.236 e. The molecule has 0 aliphatic heterocycles. The lowest BCUT2D eigenvalue weighted by molar-refractivity contribution is 0.666. The molecule has 0 radical (unpaired) electrons. The molecule has 0 spiro atoms. The van der Waals surface area contributed by atoms with Gasteiger partial charge in [-0.15, -0.1) is 0 Å². The molecule has 0 N–H and O–H groups in total. The molecule has 7 aromatic carbocycles. The fourth-order valence-corrected chi connectivity index (χ4v) is 7.72. The molecule has 0 fully saturated rings. The average molecular weight is 601 g/mol. The SMILES string of the molecule is c1ccc(-c2nc(-n3c4cccc5ccc6c7c8ccccc8ccc7n(c7ccccc73)c6c54)nc3c2oc2ccccc23)cc1. The number of para-hydroxylation sites is 3. The molecular weight excluding hydrogens is 576 g/mol. The molecule has 47 heavy (non-hydrogen) atoms. The summed E-state index contributed by atoms with van der Waals surface area (Å²) >= 11 is 0. The van der Waals surface area contributed by atoms with Gasteiger partial charge in [0.25, 0.3) is 0 Å². The minimum absolute atomic E-state index is 0.598. The minimum atomic E-state index is 0.598. The zero-order chi connectivity index (χ0) is 30.6. The van der Waals surface area contributed by atoms with Gasteiger partial charge in [0.05, 0.1) is 27.6 Å². The van der Waals surface area contributed by atoms with Crippen molar-refractivity contribution in [3.05, 3.63) is 146 Å². The number of nitrogens with zero attached hydrogens (tertiary/aromatic N) is 4. The first-order valence-electron chi connectivity index (χ1n) is 15.9. The van der Waals surface area contributed by atoms with Crippen molar-refractivity contribution in [3.8, 4) is 17.2 Å². The van der Waals surface area contributed by atoms with Crippen molar-refractivity contribution in [2.24, 2.45) is 0 Å². The van der Waals surface area contributed by atoms with Gasteiger partial charge in [0.1, 0.15) is 16.8 Å². The summed E-state index contributed by atoms with van der Waals surface area (Å²) < 4.78 is 11.1. The lowest BCUT2D eigenvalue weighted by atomic mass is 10.0. The van der Waals surface area contributed by atoms with E-state index < -0.39 is 0 Å². The predicted molar refractivity (Wildman–Crippen MR) is 193 cm³/mol. The standard InChI is InChI=1S/C42H24N4O/c1-2-12-27(13-3-1)38-41-39(29-16-6-9-20-35(29)47-41)44-42(43-38)46-32-18-8-7-17-31(32)45-34-24-22-25-11-4-5-15-28(25)37(34)30-23-21-26-14-10-19-33(46)36(26)40(30)45/h1-24H. The topological polar surface area (TPSA) is 48.3 Å². The van der Waals surface area contributed by atoms with Gasteiger partial charge in [0, 0.05) is 27.1 Å². The molecule has 0 bridgehead atoms. The van der Waals surface area contributed by atoms with Gasteiger partial charge >= 0.3 is 0 Å². The second-order valence-electron chi connectivity index (χ2n) is 12.2. The molecule has 4 aromatic heterocycles. The molecule has 0 aliphatic rings. The summed E-state index contributed by atoms with van der Waals surface area (Å²) in [7, 11) is 0. The number of benzene rings is 7. The predicted octanol–water partition coefficient (Wildman–Crippen LogP) is 10.9. The number of hydrogen-bond donors (Lipinski definition) is 0. The lowest BCUT2D eigenvalue weighted by Crippen LogP contribution is -2.05. The fraction of sp³-hybridized carbons (Fsp3) is 0. The van der Waals surface area contributed by atoms with E-state index in [1.54, 1.807) is 0 Å². The van der Waals surface area contributed by atoms with Gasteiger partial charge in [-0.1, -0.05) is 109 Å². The third-order valence-electron chi connectivity index (χ3n) is 9.70. The van der Waals surface area contributed by atoms with Crippen LogP contribution in [-0.2, 0) is 0 Å². The Labute approximate surface area is 267 Å². The second kappa shape index (κ2) is 9.05. The molecule has 11 rings (SSSR count). The summed E-state index contributed by atoms with van der Waals surface area (Å²) in [5, 5.41) is 8.30. The van der Waals surface area contributed by atoms with E-state index in [1.807, 2.05) is 36.4 Å². The number of aromatic nitrogens is 4. The van der Waals surface area contributed by atoms with Crippen molar-refractivity contribution in [3.63, 3.8) is 0 Å². The summed E-state index contributed by atoms with van der Waals surface area (Å²) in [6.45, 7) is 0. The van der Waals surface area contributed by atoms with E-state index in [-0.39, 0.29) is 0 Å². The van der Waals surface area contributed by atoms with Crippen LogP contribution in [0.3, 0.4) is 0 Å². The first-order chi connectivity index (χ1) is 23.3. The number of furan rings is 1. The summed E-state index contributed by atoms with van der Waals surface area (Å²) in [4.78, 5) is 10.7. The summed E-state index contributed by atoms with van der Waals surface area (Å²) in [6.07, 6.45) is 0. The summed E-state index contributed by atoms with van der Waals surface area (Å²) in [5.74, 6) is 0.598. The zero-order valence-corrected chi connectivity index (χ0v) is 25.1. The Kier molecular flexibility index (Phi) is 4.78. The lowest BCUT2D eigenvalue weighted by Gasteiger charge is -2.13. The highest BCUT2D eigenvalue weighted by Gasteiger charge is 2.23. The highest BCUT2D eigenvalue weighted by atomic mass is 16.3. The molecule has 0 unspecified atom stereocenters. The van der Waals surface area contributed by atoms with Gasteiger partial charge in [-0.3, -0.25) is 4.57 Å². The van der Waals surface area contributed by atoms with Crippen LogP contribution in [0.4, 0.5) is 0 Å². The van der Waals surface area contributed by atoms with Crippen LogP contribution in [0.25, 0.3) is 99.2 Å². The van der Waals surface area contributed by atoms with Gasteiger partial charge in [-0.05, 0) is 52.6 Å². The Bertz CT molecular complexity index is 3050. The molecule has 0 saturated carbocycles. The van der Waals surface area contributed by atoms with Crippen LogP contribution >= 0.6 is 0 Å². The molecule has 0 aliphatic carbocycles. The molecule has 0 atom stereocenters. The molecular formula is C42H24N4O. The third-order valence-corrected chi connectivity index (χ3v) is 9.70. The maximum Gasteiger partial charge on any atom is 0.236 e. The van der Waals surface area contributed by atoms with Crippen molar-refractivity contribution < 1.29 is 4.42 Å². The molecule has 4 heterocycles. The van der Waals surface area contributed by atoms with Gasteiger partial charge in [0.2, 0.25) is 5.95 Å². The maximum atomic E-state index is 6.45. The van der Waals surface area contributed by atoms with Crippen LogP contribution in [0.2, 0.25) is 0 Å². The third kappa shape index (κ3) is 3.27. The first-order valence-corrected chi connectivity index (χ1v) is 15.9. The summed E-state index contributed by atoms with van der Waals surface area (Å²) in [6, 6.07) is 51.3. The Balaban J connectivity index is 1.40. The van der Waals surface area contributed by atoms with Crippen molar-refractivity contribution in [1.82, 2.24) is 18.9 Å². The minimum Gasteiger partial charge on any atom is -0.452 e. The largest absolute Gasteiger partial charge is 0.452 e. The van der Waals surface area contributed by atoms with Gasteiger partial charge < -0.3 is 8.82 Å². The first kappa shape index (κ1) is 24.8. The van der Waals surface area contributed by atoms with Crippen molar-refractivity contribution >= 4 is 82.0 Å². The van der Waals surface area contributed by atoms with Gasteiger partial charge in [-0.2, -0.15) is 0 Å². The van der Waals surface area contributed by atoms with Crippen molar-refractivity contribution in [2.45, 2.75) is 0 Å². The van der Waals surface area contributed by atoms with Crippen molar-refractivity contribution in [2.75, 3.05) is 0 Å². The highest BCUT2D eigenvalue weighted by Crippen LogP contribution is 2.42. The number of rotatable bonds is 2. The Morgan fingerprint density at radius 2 is 1.19 bits per heavy atom. The van der Waals surface area contributed by atoms with Gasteiger partial charge in [0.15, 0.2) is 5.58 Å². The Hall–Kier alpha value is -6.46. The second-order valence-corrected chi connectivity index (χ2v) is 12.2. The van der Waals surface area contributed by atoms with Crippen LogP contribution in [0, 0.1) is 0 Å². The van der Waals surface area contributed by atoms with E-state index in [0.29, 0.717) is 11.5 Å². The number of hydrogen-bond acceptors (Lipinski definition) is 3. The molecule has 0 saturated heterocycles. The quantitative estimate of drug-likeness (QED) is 0.198. The molecule has 5 nitrogen and oxygen atoms in total. The van der Waals surface area contributed by atoms with Gasteiger partial charge in [-0.25, -0.2) is 9.97 Å². The van der Waals surface area contributed by atoms with Crippen LogP contribution in [-0.4, -0.2) is 18.9 Å². The maximum absolute atomic E-state index is 6.45. The Morgan fingerprint density at radius 1 is 0.468 bits per heavy atom. The number of fused-ring (bicyclic) bond motifs is 10. The average Bonchev–Trinajstić information content (AvgIpc) is 3.64. The highest BCUT2D eigenvalue weighted by molar-refractivity contribution is 6.28.